The second-order valence-corrected chi connectivity index (χ2v) is 6.46. The smallest absolute Gasteiger partial charge is 0.302 e. The number of carbonyl (C=O) groups is 1. The second kappa shape index (κ2) is 12.2. The molecule has 0 spiro atoms. The van der Waals surface area contributed by atoms with Crippen molar-refractivity contribution in [3.05, 3.63) is 0 Å². The molecule has 20 heavy (non-hydrogen) atoms. The van der Waals surface area contributed by atoms with Crippen LogP contribution in [-0.2, 0) is 9.53 Å². The fourth-order valence-corrected chi connectivity index (χ4v) is 2.75. The van der Waals surface area contributed by atoms with Gasteiger partial charge in [-0.05, 0) is 12.3 Å². The van der Waals surface area contributed by atoms with Crippen molar-refractivity contribution in [1.82, 2.24) is 0 Å². The van der Waals surface area contributed by atoms with Crippen LogP contribution in [-0.4, -0.2) is 12.6 Å². The van der Waals surface area contributed by atoms with E-state index < -0.39 is 0 Å². The minimum atomic E-state index is -0.151. The third kappa shape index (κ3) is 12.5. The van der Waals surface area contributed by atoms with Gasteiger partial charge in [0.15, 0.2) is 0 Å². The highest BCUT2D eigenvalue weighted by Crippen LogP contribution is 2.34. The van der Waals surface area contributed by atoms with E-state index in [0.717, 1.165) is 12.3 Å². The Hall–Kier alpha value is -0.530. The molecule has 0 radical (unpaired) electrons. The van der Waals surface area contributed by atoms with Gasteiger partial charge >= 0.3 is 5.97 Å². The Morgan fingerprint density at radius 2 is 1.25 bits per heavy atom. The van der Waals surface area contributed by atoms with Crippen molar-refractivity contribution in [3.63, 3.8) is 0 Å². The van der Waals surface area contributed by atoms with Crippen LogP contribution in [0.25, 0.3) is 0 Å². The molecular weight excluding hydrogens is 248 g/mol. The van der Waals surface area contributed by atoms with Gasteiger partial charge in [-0.15, -0.1) is 0 Å². The van der Waals surface area contributed by atoms with E-state index in [1.807, 2.05) is 0 Å². The number of carbonyl (C=O) groups excluding carboxylic acids is 1. The first-order valence-corrected chi connectivity index (χ1v) is 8.92. The van der Waals surface area contributed by atoms with E-state index in [0.29, 0.717) is 6.61 Å². The average Bonchev–Trinajstić information content (AvgIpc) is 3.23. The highest BCUT2D eigenvalue weighted by atomic mass is 16.5. The first-order valence-electron chi connectivity index (χ1n) is 8.92. The molecule has 1 rings (SSSR count). The monoisotopic (exact) mass is 282 g/mol. The summed E-state index contributed by atoms with van der Waals surface area (Å²) in [4.78, 5) is 10.6. The Labute approximate surface area is 125 Å². The summed E-state index contributed by atoms with van der Waals surface area (Å²) in [5.74, 6) is 0.970. The van der Waals surface area contributed by atoms with Crippen LogP contribution in [0.5, 0.6) is 0 Å². The molecule has 1 saturated carbocycles. The molecule has 0 N–H and O–H groups in total. The number of ether oxygens (including phenoxy) is 1. The van der Waals surface area contributed by atoms with Crippen molar-refractivity contribution in [2.24, 2.45) is 5.92 Å². The fraction of sp³-hybridized carbons (Fsp3) is 0.944. The van der Waals surface area contributed by atoms with E-state index in [1.165, 1.54) is 90.4 Å². The predicted octanol–water partition coefficient (Wildman–Crippen LogP) is 5.64. The first kappa shape index (κ1) is 17.5. The van der Waals surface area contributed by atoms with Crippen LogP contribution in [0.2, 0.25) is 0 Å². The van der Waals surface area contributed by atoms with E-state index >= 15 is 0 Å². The summed E-state index contributed by atoms with van der Waals surface area (Å²) in [5.41, 5.74) is 0. The summed E-state index contributed by atoms with van der Waals surface area (Å²) >= 11 is 0. The van der Waals surface area contributed by atoms with Crippen LogP contribution in [0.15, 0.2) is 0 Å². The van der Waals surface area contributed by atoms with E-state index in [9.17, 15) is 4.79 Å². The number of rotatable bonds is 14. The lowest BCUT2D eigenvalue weighted by Crippen LogP contribution is -2.00. The van der Waals surface area contributed by atoms with E-state index in [4.69, 9.17) is 4.74 Å². The van der Waals surface area contributed by atoms with Gasteiger partial charge in [0.1, 0.15) is 0 Å². The minimum Gasteiger partial charge on any atom is -0.466 e. The van der Waals surface area contributed by atoms with Gasteiger partial charge in [0.2, 0.25) is 0 Å². The summed E-state index contributed by atoms with van der Waals surface area (Å²) in [7, 11) is 0. The molecule has 1 fully saturated rings. The fourth-order valence-electron chi connectivity index (χ4n) is 2.75. The molecule has 0 bridgehead atoms. The molecule has 0 amide bonds. The zero-order valence-corrected chi connectivity index (χ0v) is 13.5. The van der Waals surface area contributed by atoms with Crippen LogP contribution in [0.3, 0.4) is 0 Å². The van der Waals surface area contributed by atoms with Crippen LogP contribution >= 0.6 is 0 Å². The van der Waals surface area contributed by atoms with Crippen molar-refractivity contribution in [2.75, 3.05) is 6.61 Å². The summed E-state index contributed by atoms with van der Waals surface area (Å²) in [5, 5.41) is 0. The number of esters is 1. The summed E-state index contributed by atoms with van der Waals surface area (Å²) in [6.45, 7) is 2.09. The van der Waals surface area contributed by atoms with Crippen molar-refractivity contribution in [3.8, 4) is 0 Å². The topological polar surface area (TPSA) is 26.3 Å². The first-order chi connectivity index (χ1) is 9.79. The Balaban J connectivity index is 1.62. The molecule has 2 heteroatoms. The molecule has 0 aromatic carbocycles. The molecule has 0 atom stereocenters. The lowest BCUT2D eigenvalue weighted by atomic mass is 10.0. The SMILES string of the molecule is CC(=O)OCCCCCCCCCCCCCC1CC1. The molecule has 2 nitrogen and oxygen atoms in total. The van der Waals surface area contributed by atoms with Crippen molar-refractivity contribution in [1.29, 1.82) is 0 Å². The Bertz CT molecular complexity index is 234. The highest BCUT2D eigenvalue weighted by molar-refractivity contribution is 5.65. The summed E-state index contributed by atoms with van der Waals surface area (Å²) in [6, 6.07) is 0. The number of unbranched alkanes of at least 4 members (excludes halogenated alkanes) is 10. The zero-order chi connectivity index (χ0) is 14.5. The molecule has 0 aromatic heterocycles. The van der Waals surface area contributed by atoms with Crippen molar-refractivity contribution in [2.45, 2.75) is 96.8 Å². The van der Waals surface area contributed by atoms with Gasteiger partial charge < -0.3 is 4.74 Å². The normalized spacial score (nSPS) is 14.4. The van der Waals surface area contributed by atoms with Gasteiger partial charge in [-0.25, -0.2) is 0 Å². The minimum absolute atomic E-state index is 0.151. The molecule has 118 valence electrons. The Morgan fingerprint density at radius 1 is 0.800 bits per heavy atom. The predicted molar refractivity (Wildman–Crippen MR) is 84.8 cm³/mol. The van der Waals surface area contributed by atoms with Crippen molar-refractivity contribution < 1.29 is 9.53 Å². The molecule has 0 unspecified atom stereocenters. The van der Waals surface area contributed by atoms with E-state index in [1.54, 1.807) is 0 Å². The van der Waals surface area contributed by atoms with Crippen LogP contribution in [0, 0.1) is 5.92 Å². The van der Waals surface area contributed by atoms with Crippen LogP contribution in [0.1, 0.15) is 96.8 Å². The van der Waals surface area contributed by atoms with Gasteiger partial charge in [-0.3, -0.25) is 4.79 Å². The number of hydrogen-bond donors (Lipinski definition) is 0. The maximum atomic E-state index is 10.6. The van der Waals surface area contributed by atoms with Gasteiger partial charge in [0.05, 0.1) is 6.61 Å². The maximum absolute atomic E-state index is 10.6. The average molecular weight is 282 g/mol. The molecule has 0 heterocycles. The van der Waals surface area contributed by atoms with Gasteiger partial charge in [-0.1, -0.05) is 83.5 Å². The lowest BCUT2D eigenvalue weighted by Gasteiger charge is -2.03. The molecule has 0 saturated heterocycles. The van der Waals surface area contributed by atoms with Crippen molar-refractivity contribution >= 4 is 5.97 Å². The quantitative estimate of drug-likeness (QED) is 0.304. The summed E-state index contributed by atoms with van der Waals surface area (Å²) in [6.07, 6.45) is 19.5. The zero-order valence-electron chi connectivity index (χ0n) is 13.5. The Morgan fingerprint density at radius 3 is 1.70 bits per heavy atom. The van der Waals surface area contributed by atoms with Crippen LogP contribution < -0.4 is 0 Å². The molecule has 0 aliphatic heterocycles. The van der Waals surface area contributed by atoms with Gasteiger partial charge in [-0.2, -0.15) is 0 Å². The highest BCUT2D eigenvalue weighted by Gasteiger charge is 2.19. The molecule has 0 aromatic rings. The van der Waals surface area contributed by atoms with Gasteiger partial charge in [0.25, 0.3) is 0 Å². The van der Waals surface area contributed by atoms with E-state index in [-0.39, 0.29) is 5.97 Å². The molecule has 1 aliphatic carbocycles. The maximum Gasteiger partial charge on any atom is 0.302 e. The third-order valence-electron chi connectivity index (χ3n) is 4.26. The second-order valence-electron chi connectivity index (χ2n) is 6.46. The largest absolute Gasteiger partial charge is 0.466 e. The third-order valence-corrected chi connectivity index (χ3v) is 4.26. The standard InChI is InChI=1S/C18H34O2/c1-17(19)20-16-12-10-8-6-4-2-3-5-7-9-11-13-18-14-15-18/h18H,2-16H2,1H3. The Kier molecular flexibility index (Phi) is 10.7. The lowest BCUT2D eigenvalue weighted by molar-refractivity contribution is -0.141. The molecule has 1 aliphatic rings. The van der Waals surface area contributed by atoms with E-state index in [2.05, 4.69) is 0 Å². The number of hydrogen-bond acceptors (Lipinski definition) is 2. The summed E-state index contributed by atoms with van der Waals surface area (Å²) < 4.78 is 4.91. The van der Waals surface area contributed by atoms with Crippen LogP contribution in [0.4, 0.5) is 0 Å². The van der Waals surface area contributed by atoms with Gasteiger partial charge in [0, 0.05) is 6.92 Å². The molecular formula is C18H34O2.